The molecule has 0 N–H and O–H groups in total. The van der Waals surface area contributed by atoms with Gasteiger partial charge in [0.2, 0.25) is 0 Å². The Hall–Kier alpha value is 0.0800. The van der Waals surface area contributed by atoms with E-state index in [0.29, 0.717) is 20.6 Å². The van der Waals surface area contributed by atoms with Crippen molar-refractivity contribution in [3.8, 4) is 0 Å². The van der Waals surface area contributed by atoms with E-state index in [2.05, 4.69) is 101 Å². The number of rotatable bonds is 5. The highest BCUT2D eigenvalue weighted by molar-refractivity contribution is 7.60. The minimum Gasteiger partial charge on any atom is -0.0911 e. The summed E-state index contributed by atoms with van der Waals surface area (Å²) in [6, 6.07) is 7.74. The molecule has 1 atom stereocenters. The fourth-order valence-corrected chi connectivity index (χ4v) is 16.6. The van der Waals surface area contributed by atoms with Crippen LogP contribution in [0.2, 0.25) is 0 Å². The molecule has 0 nitrogen and oxygen atoms in total. The van der Waals surface area contributed by atoms with E-state index in [1.807, 2.05) is 0 Å². The van der Waals surface area contributed by atoms with Gasteiger partial charge in [0.05, 0.1) is 0 Å². The Bertz CT molecular complexity index is 879. The van der Waals surface area contributed by atoms with Crippen molar-refractivity contribution in [2.45, 2.75) is 160 Å². The van der Waals surface area contributed by atoms with E-state index < -0.39 is 0 Å². The van der Waals surface area contributed by atoms with Crippen molar-refractivity contribution in [1.29, 1.82) is 0 Å². The van der Waals surface area contributed by atoms with Gasteiger partial charge in [-0.3, -0.25) is 0 Å². The van der Waals surface area contributed by atoms with Crippen LogP contribution in [-0.2, 0) is 17.7 Å². The molecule has 2 heteroatoms. The molecule has 4 saturated carbocycles. The Kier molecular flexibility index (Phi) is 7.77. The SMILES string of the molecule is CC(C)(C)c1ccc(CP(C(C)(C)C)C23CC4CC(CC(C4)C2)C3)c(CP(C(C)(C)C)C(C)(C)C)c1. The second-order valence-corrected chi connectivity index (χ2v) is 24.4. The zero-order valence-corrected chi connectivity index (χ0v) is 27.8. The summed E-state index contributed by atoms with van der Waals surface area (Å²) in [5.41, 5.74) is 5.13. The number of hydrogen-bond donors (Lipinski definition) is 0. The molecule has 0 saturated heterocycles. The Morgan fingerprint density at radius 1 is 0.639 bits per heavy atom. The molecule has 204 valence electrons. The van der Waals surface area contributed by atoms with E-state index in [1.165, 1.54) is 17.9 Å². The van der Waals surface area contributed by atoms with E-state index in [1.54, 1.807) is 49.7 Å². The lowest BCUT2D eigenvalue weighted by molar-refractivity contribution is 0.0347. The second kappa shape index (κ2) is 9.62. The summed E-state index contributed by atoms with van der Waals surface area (Å²) in [6.07, 6.45) is 11.9. The molecule has 0 heterocycles. The molecule has 4 aliphatic carbocycles. The van der Waals surface area contributed by atoms with Crippen molar-refractivity contribution in [2.24, 2.45) is 17.8 Å². The number of hydrogen-bond acceptors (Lipinski definition) is 0. The predicted molar refractivity (Wildman–Crippen MR) is 167 cm³/mol. The summed E-state index contributed by atoms with van der Waals surface area (Å²) in [5.74, 6) is 3.13. The maximum Gasteiger partial charge on any atom is -0.00605 e. The molecule has 1 aromatic rings. The molecule has 0 aliphatic heterocycles. The van der Waals surface area contributed by atoms with Gasteiger partial charge >= 0.3 is 0 Å². The van der Waals surface area contributed by atoms with Crippen molar-refractivity contribution >= 4 is 15.8 Å². The van der Waals surface area contributed by atoms with Gasteiger partial charge in [-0.05, 0) is 111 Å². The summed E-state index contributed by atoms with van der Waals surface area (Å²) in [5, 5.41) is 1.79. The largest absolute Gasteiger partial charge is 0.0911 e. The van der Waals surface area contributed by atoms with Crippen LogP contribution < -0.4 is 0 Å². The third-order valence-electron chi connectivity index (χ3n) is 9.74. The topological polar surface area (TPSA) is 0 Å². The molecule has 0 amide bonds. The molecular weight excluding hydrogens is 470 g/mol. The van der Waals surface area contributed by atoms with Gasteiger partial charge in [0.25, 0.3) is 0 Å². The summed E-state index contributed by atoms with van der Waals surface area (Å²) in [6.45, 7) is 29.9. The minimum absolute atomic E-state index is 0.0800. The molecule has 5 rings (SSSR count). The lowest BCUT2D eigenvalue weighted by Crippen LogP contribution is -2.51. The van der Waals surface area contributed by atoms with Crippen LogP contribution >= 0.6 is 15.8 Å². The molecule has 0 aromatic heterocycles. The monoisotopic (exact) mass is 528 g/mol. The standard InChI is InChI=1S/C34H58P2/c1-30(2,3)29-14-13-27(28(18-29)23-35(31(4,5)6)32(7,8)9)22-36(33(10,11)12)34-19-24-15-25(20-34)17-26(16-24)21-34/h13-14,18,24-26H,15-17,19-23H2,1-12H3. The molecule has 4 fully saturated rings. The highest BCUT2D eigenvalue weighted by atomic mass is 31.1. The molecular formula is C34H58P2. The molecule has 0 radical (unpaired) electrons. The maximum absolute atomic E-state index is 2.65. The van der Waals surface area contributed by atoms with Crippen LogP contribution in [0.4, 0.5) is 0 Å². The van der Waals surface area contributed by atoms with Crippen LogP contribution in [-0.4, -0.2) is 20.6 Å². The summed E-state index contributed by atoms with van der Waals surface area (Å²) < 4.78 is 0. The fourth-order valence-electron chi connectivity index (χ4n) is 8.73. The Morgan fingerprint density at radius 2 is 1.11 bits per heavy atom. The van der Waals surface area contributed by atoms with Gasteiger partial charge in [0.15, 0.2) is 0 Å². The quantitative estimate of drug-likeness (QED) is 0.333. The van der Waals surface area contributed by atoms with Gasteiger partial charge in [-0.1, -0.05) is 117 Å². The van der Waals surface area contributed by atoms with Crippen molar-refractivity contribution in [3.05, 3.63) is 34.9 Å². The van der Waals surface area contributed by atoms with Gasteiger partial charge in [0, 0.05) is 0 Å². The zero-order chi connectivity index (χ0) is 26.9. The van der Waals surface area contributed by atoms with Gasteiger partial charge in [0.1, 0.15) is 0 Å². The van der Waals surface area contributed by atoms with Crippen LogP contribution in [0.15, 0.2) is 18.2 Å². The maximum atomic E-state index is 2.65. The highest BCUT2D eigenvalue weighted by Crippen LogP contribution is 2.74. The summed E-state index contributed by atoms with van der Waals surface area (Å²) in [7, 11) is -0.236. The third kappa shape index (κ3) is 6.12. The van der Waals surface area contributed by atoms with Crippen LogP contribution in [0.1, 0.15) is 138 Å². The Labute approximate surface area is 228 Å². The van der Waals surface area contributed by atoms with Gasteiger partial charge in [-0.15, -0.1) is 0 Å². The lowest BCUT2D eigenvalue weighted by Gasteiger charge is -2.62. The van der Waals surface area contributed by atoms with Crippen LogP contribution in [0.5, 0.6) is 0 Å². The molecule has 1 aromatic carbocycles. The smallest absolute Gasteiger partial charge is 0.00605 e. The number of benzene rings is 1. The van der Waals surface area contributed by atoms with E-state index in [4.69, 9.17) is 0 Å². The Morgan fingerprint density at radius 3 is 1.50 bits per heavy atom. The van der Waals surface area contributed by atoms with Crippen LogP contribution in [0.3, 0.4) is 0 Å². The highest BCUT2D eigenvalue weighted by Gasteiger charge is 2.56. The first-order chi connectivity index (χ1) is 16.3. The fraction of sp³-hybridized carbons (Fsp3) is 0.824. The third-order valence-corrected chi connectivity index (χ3v) is 17.6. The molecule has 36 heavy (non-hydrogen) atoms. The Balaban J connectivity index is 1.75. The normalized spacial score (nSPS) is 29.8. The van der Waals surface area contributed by atoms with Crippen molar-refractivity contribution in [3.63, 3.8) is 0 Å². The van der Waals surface area contributed by atoms with Gasteiger partial charge < -0.3 is 0 Å². The zero-order valence-electron chi connectivity index (χ0n) is 26.0. The van der Waals surface area contributed by atoms with Crippen molar-refractivity contribution < 1.29 is 0 Å². The first kappa shape index (κ1) is 29.1. The molecule has 0 spiro atoms. The van der Waals surface area contributed by atoms with E-state index >= 15 is 0 Å². The van der Waals surface area contributed by atoms with Crippen LogP contribution in [0.25, 0.3) is 0 Å². The second-order valence-electron chi connectivity index (χ2n) is 17.1. The first-order valence-corrected chi connectivity index (χ1v) is 18.0. The predicted octanol–water partition coefficient (Wildman–Crippen LogP) is 11.3. The van der Waals surface area contributed by atoms with Crippen LogP contribution in [0, 0.1) is 17.8 Å². The molecule has 4 bridgehead atoms. The summed E-state index contributed by atoms with van der Waals surface area (Å²) >= 11 is 0. The van der Waals surface area contributed by atoms with Crippen molar-refractivity contribution in [1.82, 2.24) is 0 Å². The molecule has 1 unspecified atom stereocenters. The van der Waals surface area contributed by atoms with E-state index in [0.717, 1.165) is 17.8 Å². The van der Waals surface area contributed by atoms with Gasteiger partial charge in [-0.25, -0.2) is 0 Å². The van der Waals surface area contributed by atoms with E-state index in [9.17, 15) is 0 Å². The first-order valence-electron chi connectivity index (χ1n) is 15.0. The average molecular weight is 529 g/mol. The van der Waals surface area contributed by atoms with Crippen molar-refractivity contribution in [2.75, 3.05) is 0 Å². The molecule has 4 aliphatic rings. The van der Waals surface area contributed by atoms with Gasteiger partial charge in [-0.2, -0.15) is 0 Å². The van der Waals surface area contributed by atoms with E-state index in [-0.39, 0.29) is 21.3 Å². The lowest BCUT2D eigenvalue weighted by atomic mass is 9.56. The summed E-state index contributed by atoms with van der Waals surface area (Å²) in [4.78, 5) is 0. The average Bonchev–Trinajstić information content (AvgIpc) is 2.66. The minimum atomic E-state index is -0.156.